The van der Waals surface area contributed by atoms with Crippen LogP contribution in [-0.2, 0) is 9.59 Å². The molecule has 2 saturated heterocycles. The average Bonchev–Trinajstić information content (AvgIpc) is 3.50. The van der Waals surface area contributed by atoms with Crippen LogP contribution in [0, 0.1) is 11.8 Å². The van der Waals surface area contributed by atoms with Gasteiger partial charge in [-0.1, -0.05) is 12.8 Å². The fourth-order valence-corrected chi connectivity index (χ4v) is 4.80. The van der Waals surface area contributed by atoms with Crippen LogP contribution in [0.25, 0.3) is 0 Å². The number of hydrogen-bond donors (Lipinski definition) is 1. The molecule has 0 bridgehead atoms. The Labute approximate surface area is 204 Å². The summed E-state index contributed by atoms with van der Waals surface area (Å²) in [5.41, 5.74) is 0. The van der Waals surface area contributed by atoms with E-state index in [1.165, 1.54) is 0 Å². The third-order valence-electron chi connectivity index (χ3n) is 5.11. The van der Waals surface area contributed by atoms with Crippen molar-refractivity contribution >= 4 is 45.0 Å². The number of Topliss-reactive ketones (excluding diaryl/α,β-unsaturated/α-hetero) is 1. The number of piperidine rings is 2. The second-order valence-electron chi connectivity index (χ2n) is 6.88. The maximum Gasteiger partial charge on any atom is 1.00 e. The Morgan fingerprint density at radius 2 is 1.39 bits per heavy atom. The normalized spacial score (nSPS) is 16.5. The van der Waals surface area contributed by atoms with Crippen molar-refractivity contribution in [2.24, 2.45) is 11.8 Å². The molecule has 0 spiro atoms. The number of anilines is 2. The van der Waals surface area contributed by atoms with E-state index in [9.17, 15) is 9.59 Å². The van der Waals surface area contributed by atoms with Gasteiger partial charge in [-0.3, -0.25) is 11.1 Å². The van der Waals surface area contributed by atoms with Crippen molar-refractivity contribution in [2.75, 3.05) is 43.1 Å². The molecule has 0 atom stereocenters. The smallest absolute Gasteiger partial charge is 0.870 e. The predicted octanol–water partition coefficient (Wildman–Crippen LogP) is -0.147. The van der Waals surface area contributed by atoms with Gasteiger partial charge in [0.15, 0.2) is 10.3 Å². The monoisotopic (exact) mass is 461 g/mol. The number of aromatic nitrogens is 2. The van der Waals surface area contributed by atoms with Crippen molar-refractivity contribution in [1.82, 2.24) is 9.97 Å². The van der Waals surface area contributed by atoms with Gasteiger partial charge in [0.2, 0.25) is 0 Å². The van der Waals surface area contributed by atoms with Crippen LogP contribution < -0.4 is 28.7 Å². The molecule has 4 rings (SSSR count). The Kier molecular flexibility index (Phi) is 15.7. The van der Waals surface area contributed by atoms with Crippen LogP contribution in [0.2, 0.25) is 0 Å². The number of aliphatic hydroxyl groups excluding tert-OH is 1. The van der Waals surface area contributed by atoms with E-state index in [1.807, 2.05) is 23.2 Å². The maximum absolute atomic E-state index is 11.2. The van der Waals surface area contributed by atoms with Gasteiger partial charge >= 0.3 is 18.9 Å². The number of thiazole rings is 2. The van der Waals surface area contributed by atoms with E-state index in [-0.39, 0.29) is 36.2 Å². The summed E-state index contributed by atoms with van der Waals surface area (Å²) < 4.78 is 0. The van der Waals surface area contributed by atoms with Gasteiger partial charge in [-0.25, -0.2) is 9.97 Å². The van der Waals surface area contributed by atoms with E-state index in [0.29, 0.717) is 5.78 Å². The van der Waals surface area contributed by atoms with Crippen molar-refractivity contribution < 1.29 is 39.0 Å². The summed E-state index contributed by atoms with van der Waals surface area (Å²) in [6, 6.07) is 0. The third kappa shape index (κ3) is 9.39. The Morgan fingerprint density at radius 1 is 0.968 bits per heavy atom. The van der Waals surface area contributed by atoms with Gasteiger partial charge in [-0.15, -0.1) is 28.6 Å². The molecule has 11 heteroatoms. The van der Waals surface area contributed by atoms with Gasteiger partial charge in [0.05, 0.1) is 0 Å². The Morgan fingerprint density at radius 3 is 1.71 bits per heavy atom. The zero-order valence-electron chi connectivity index (χ0n) is 18.4. The molecule has 2 fully saturated rings. The number of carbonyl (C=O) groups is 1. The fourth-order valence-electron chi connectivity index (χ4n) is 3.41. The molecule has 2 aliphatic heterocycles. The quantitative estimate of drug-likeness (QED) is 0.494. The van der Waals surface area contributed by atoms with Gasteiger partial charge in [0.1, 0.15) is 5.78 Å². The van der Waals surface area contributed by atoms with E-state index in [4.69, 9.17) is 5.11 Å². The molecule has 31 heavy (non-hydrogen) atoms. The van der Waals surface area contributed by atoms with Crippen molar-refractivity contribution in [3.05, 3.63) is 23.2 Å². The van der Waals surface area contributed by atoms with Crippen LogP contribution in [0.3, 0.4) is 0 Å². The van der Waals surface area contributed by atoms with Crippen molar-refractivity contribution in [3.8, 4) is 0 Å². The number of rotatable bonds is 4. The summed E-state index contributed by atoms with van der Waals surface area (Å²) in [4.78, 5) is 34.6. The van der Waals surface area contributed by atoms with E-state index >= 15 is 0 Å². The predicted molar refractivity (Wildman–Crippen MR) is 121 cm³/mol. The Balaban J connectivity index is 0.000000508. The minimum atomic E-state index is 0. The van der Waals surface area contributed by atoms with Crippen LogP contribution in [0.5, 0.6) is 0 Å². The second-order valence-corrected chi connectivity index (χ2v) is 8.63. The maximum atomic E-state index is 11.2. The first kappa shape index (κ1) is 29.7. The summed E-state index contributed by atoms with van der Waals surface area (Å²) in [5, 5.41) is 13.1. The summed E-state index contributed by atoms with van der Waals surface area (Å²) in [6.45, 7) is 5.51. The van der Waals surface area contributed by atoms with Crippen molar-refractivity contribution in [1.29, 1.82) is 0 Å². The SMILES string of the molecule is CC(=O)C1CCN(c2nccs2)CC1.CO.O=[C-]C1CCN(c2nccs2)CC1.[Li+].[OH-]. The molecule has 2 aliphatic rings. The average molecular weight is 462 g/mol. The molecule has 0 unspecified atom stereocenters. The van der Waals surface area contributed by atoms with E-state index in [0.717, 1.165) is 69.2 Å². The van der Waals surface area contributed by atoms with Gasteiger partial charge in [-0.2, -0.15) is 0 Å². The van der Waals surface area contributed by atoms with Gasteiger partial charge in [0.25, 0.3) is 0 Å². The molecule has 168 valence electrons. The van der Waals surface area contributed by atoms with Crippen LogP contribution in [0.15, 0.2) is 23.2 Å². The molecule has 2 aromatic heterocycles. The largest absolute Gasteiger partial charge is 1.00 e. The zero-order valence-corrected chi connectivity index (χ0v) is 20.1. The van der Waals surface area contributed by atoms with Crippen LogP contribution in [0.1, 0.15) is 32.6 Å². The van der Waals surface area contributed by atoms with Crippen molar-refractivity contribution in [2.45, 2.75) is 32.6 Å². The number of ketones is 1. The standard InChI is InChI=1S/C10H14N2OS.C9H11N2OS.CH4O.Li.H2O/c1-8(13)9-2-5-12(6-3-9)10-11-4-7-14-10;12-7-8-1-4-11(5-2-8)9-10-3-6-13-9;1-2;;/h4,7,9H,2-3,5-6H2,1H3;3,6,8H,1-2,4-5H2;2H,1H3;;1H2/q;-1;;+1;/p-1. The van der Waals surface area contributed by atoms with Crippen LogP contribution in [-0.4, -0.2) is 65.9 Å². The number of nitrogens with zero attached hydrogens (tertiary/aromatic N) is 4. The van der Waals surface area contributed by atoms with E-state index in [1.54, 1.807) is 29.6 Å². The van der Waals surface area contributed by atoms with Gasteiger partial charge in [0, 0.05) is 62.4 Å². The summed E-state index contributed by atoms with van der Waals surface area (Å²) in [6.07, 6.45) is 9.53. The molecular formula is C20H30LiN4O4S2-. The van der Waals surface area contributed by atoms with Gasteiger partial charge < -0.3 is 25.2 Å². The molecule has 0 radical (unpaired) electrons. The first-order valence-corrected chi connectivity index (χ1v) is 11.5. The topological polar surface area (TPSA) is 117 Å². The van der Waals surface area contributed by atoms with E-state index < -0.39 is 0 Å². The zero-order chi connectivity index (χ0) is 21.1. The summed E-state index contributed by atoms with van der Waals surface area (Å²) in [7, 11) is 1.00. The van der Waals surface area contributed by atoms with Gasteiger partial charge in [-0.05, 0) is 19.8 Å². The molecule has 8 nitrogen and oxygen atoms in total. The fraction of sp³-hybridized carbons (Fsp3) is 0.600. The molecule has 0 aromatic carbocycles. The minimum Gasteiger partial charge on any atom is -0.870 e. The second kappa shape index (κ2) is 16.4. The first-order chi connectivity index (χ1) is 14.2. The van der Waals surface area contributed by atoms with E-state index in [2.05, 4.69) is 26.1 Å². The Bertz CT molecular complexity index is 703. The summed E-state index contributed by atoms with van der Waals surface area (Å²) >= 11 is 3.32. The number of aliphatic hydroxyl groups is 1. The molecular weight excluding hydrogens is 431 g/mol. The summed E-state index contributed by atoms with van der Waals surface area (Å²) in [5.74, 6) is 0.770. The molecule has 0 amide bonds. The molecule has 2 N–H and O–H groups in total. The number of hydrogen-bond acceptors (Lipinski definition) is 10. The molecule has 2 aromatic rings. The molecule has 0 aliphatic carbocycles. The third-order valence-corrected chi connectivity index (χ3v) is 6.78. The number of carbonyl (C=O) groups excluding carboxylic acids is 2. The Hall–Kier alpha value is -1.28. The molecule has 0 saturated carbocycles. The van der Waals surface area contributed by atoms with Crippen LogP contribution >= 0.6 is 22.7 Å². The molecule has 4 heterocycles. The van der Waals surface area contributed by atoms with Crippen molar-refractivity contribution in [3.63, 3.8) is 0 Å². The first-order valence-electron chi connectivity index (χ1n) is 9.79. The minimum absolute atomic E-state index is 0. The van der Waals surface area contributed by atoms with Crippen LogP contribution in [0.4, 0.5) is 10.3 Å².